The zero-order valence-corrected chi connectivity index (χ0v) is 10.5. The standard InChI is InChI=1S/C14H20O2/c1-10(2)9-16-14-6-5-11(3)7-13(14)8-12(4)15/h5-7,10H,8-9H2,1-4H3. The van der Waals surface area contributed by atoms with Crippen molar-refractivity contribution in [2.24, 2.45) is 5.92 Å². The van der Waals surface area contributed by atoms with E-state index in [0.717, 1.165) is 16.9 Å². The van der Waals surface area contributed by atoms with Crippen molar-refractivity contribution in [2.75, 3.05) is 6.61 Å². The number of aryl methyl sites for hydroxylation is 1. The van der Waals surface area contributed by atoms with Crippen LogP contribution in [0.5, 0.6) is 5.75 Å². The maximum absolute atomic E-state index is 11.2. The molecule has 0 amide bonds. The minimum absolute atomic E-state index is 0.167. The van der Waals surface area contributed by atoms with Crippen LogP contribution in [0.4, 0.5) is 0 Å². The van der Waals surface area contributed by atoms with Gasteiger partial charge in [-0.2, -0.15) is 0 Å². The lowest BCUT2D eigenvalue weighted by Crippen LogP contribution is -2.07. The van der Waals surface area contributed by atoms with Gasteiger partial charge in [-0.3, -0.25) is 4.79 Å². The Morgan fingerprint density at radius 3 is 2.62 bits per heavy atom. The maximum atomic E-state index is 11.2. The van der Waals surface area contributed by atoms with E-state index in [1.807, 2.05) is 25.1 Å². The number of carbonyl (C=O) groups excluding carboxylic acids is 1. The molecule has 0 N–H and O–H groups in total. The molecule has 0 spiro atoms. The van der Waals surface area contributed by atoms with Gasteiger partial charge in [-0.1, -0.05) is 31.5 Å². The summed E-state index contributed by atoms with van der Waals surface area (Å²) in [5.41, 5.74) is 2.15. The van der Waals surface area contributed by atoms with E-state index in [0.29, 0.717) is 18.9 Å². The molecule has 0 radical (unpaired) electrons. The van der Waals surface area contributed by atoms with Crippen molar-refractivity contribution in [3.8, 4) is 5.75 Å². The van der Waals surface area contributed by atoms with Crippen molar-refractivity contribution in [1.29, 1.82) is 0 Å². The van der Waals surface area contributed by atoms with Crippen molar-refractivity contribution in [3.63, 3.8) is 0 Å². The van der Waals surface area contributed by atoms with E-state index in [9.17, 15) is 4.79 Å². The minimum Gasteiger partial charge on any atom is -0.493 e. The molecule has 1 rings (SSSR count). The van der Waals surface area contributed by atoms with E-state index in [4.69, 9.17) is 4.74 Å². The largest absolute Gasteiger partial charge is 0.493 e. The molecule has 0 aliphatic carbocycles. The van der Waals surface area contributed by atoms with Crippen LogP contribution in [0.3, 0.4) is 0 Å². The third-order valence-corrected chi connectivity index (χ3v) is 2.23. The fraction of sp³-hybridized carbons (Fsp3) is 0.500. The summed E-state index contributed by atoms with van der Waals surface area (Å²) in [6.45, 7) is 8.54. The predicted octanol–water partition coefficient (Wildman–Crippen LogP) is 3.16. The zero-order valence-electron chi connectivity index (χ0n) is 10.5. The average molecular weight is 220 g/mol. The second kappa shape index (κ2) is 5.69. The molecule has 1 aromatic rings. The van der Waals surface area contributed by atoms with Gasteiger partial charge < -0.3 is 4.74 Å². The molecular weight excluding hydrogens is 200 g/mol. The van der Waals surface area contributed by atoms with Gasteiger partial charge in [0.15, 0.2) is 0 Å². The zero-order chi connectivity index (χ0) is 12.1. The number of Topliss-reactive ketones (excluding diaryl/α,β-unsaturated/α-hetero) is 1. The second-order valence-electron chi connectivity index (χ2n) is 4.69. The van der Waals surface area contributed by atoms with Crippen LogP contribution >= 0.6 is 0 Å². The number of benzene rings is 1. The summed E-state index contributed by atoms with van der Waals surface area (Å²) in [6.07, 6.45) is 0.453. The van der Waals surface area contributed by atoms with Gasteiger partial charge in [0.25, 0.3) is 0 Å². The highest BCUT2D eigenvalue weighted by Crippen LogP contribution is 2.21. The molecule has 0 heterocycles. The highest BCUT2D eigenvalue weighted by atomic mass is 16.5. The molecule has 16 heavy (non-hydrogen) atoms. The summed E-state index contributed by atoms with van der Waals surface area (Å²) in [6, 6.07) is 5.99. The van der Waals surface area contributed by atoms with Gasteiger partial charge in [-0.05, 0) is 25.8 Å². The molecule has 2 heteroatoms. The van der Waals surface area contributed by atoms with Crippen molar-refractivity contribution < 1.29 is 9.53 Å². The van der Waals surface area contributed by atoms with Crippen LogP contribution in [0.15, 0.2) is 18.2 Å². The van der Waals surface area contributed by atoms with E-state index in [1.54, 1.807) is 6.92 Å². The number of carbonyl (C=O) groups is 1. The summed E-state index contributed by atoms with van der Waals surface area (Å²) < 4.78 is 5.70. The van der Waals surface area contributed by atoms with Gasteiger partial charge >= 0.3 is 0 Å². The summed E-state index contributed by atoms with van der Waals surface area (Å²) in [5.74, 6) is 1.50. The number of hydrogen-bond acceptors (Lipinski definition) is 2. The van der Waals surface area contributed by atoms with Crippen LogP contribution in [0.25, 0.3) is 0 Å². The van der Waals surface area contributed by atoms with Gasteiger partial charge in [0.1, 0.15) is 11.5 Å². The summed E-state index contributed by atoms with van der Waals surface area (Å²) in [7, 11) is 0. The monoisotopic (exact) mass is 220 g/mol. The quantitative estimate of drug-likeness (QED) is 0.762. The highest BCUT2D eigenvalue weighted by Gasteiger charge is 2.07. The lowest BCUT2D eigenvalue weighted by molar-refractivity contribution is -0.116. The number of ketones is 1. The van der Waals surface area contributed by atoms with Crippen LogP contribution in [-0.2, 0) is 11.2 Å². The van der Waals surface area contributed by atoms with Crippen LogP contribution in [0.2, 0.25) is 0 Å². The van der Waals surface area contributed by atoms with Crippen LogP contribution in [-0.4, -0.2) is 12.4 Å². The minimum atomic E-state index is 0.167. The first-order valence-electron chi connectivity index (χ1n) is 5.71. The van der Waals surface area contributed by atoms with Crippen molar-refractivity contribution >= 4 is 5.78 Å². The second-order valence-corrected chi connectivity index (χ2v) is 4.69. The third kappa shape index (κ3) is 4.05. The predicted molar refractivity (Wildman–Crippen MR) is 65.9 cm³/mol. The number of ether oxygens (including phenoxy) is 1. The Balaban J connectivity index is 2.84. The first-order valence-corrected chi connectivity index (χ1v) is 5.71. The Hall–Kier alpha value is -1.31. The number of rotatable bonds is 5. The van der Waals surface area contributed by atoms with Crippen molar-refractivity contribution in [3.05, 3.63) is 29.3 Å². The van der Waals surface area contributed by atoms with E-state index in [2.05, 4.69) is 13.8 Å². The highest BCUT2D eigenvalue weighted by molar-refractivity contribution is 5.79. The molecule has 0 atom stereocenters. The molecule has 0 unspecified atom stereocenters. The molecule has 0 saturated heterocycles. The Bertz CT molecular complexity index is 367. The van der Waals surface area contributed by atoms with E-state index in [-0.39, 0.29) is 5.78 Å². The van der Waals surface area contributed by atoms with E-state index < -0.39 is 0 Å². The Morgan fingerprint density at radius 1 is 1.38 bits per heavy atom. The van der Waals surface area contributed by atoms with Crippen molar-refractivity contribution in [1.82, 2.24) is 0 Å². The smallest absolute Gasteiger partial charge is 0.134 e. The van der Waals surface area contributed by atoms with Crippen molar-refractivity contribution in [2.45, 2.75) is 34.1 Å². The van der Waals surface area contributed by atoms with Crippen LogP contribution in [0.1, 0.15) is 31.9 Å². The molecule has 0 saturated carbocycles. The fourth-order valence-corrected chi connectivity index (χ4v) is 1.51. The van der Waals surface area contributed by atoms with E-state index >= 15 is 0 Å². The normalized spacial score (nSPS) is 10.6. The average Bonchev–Trinajstić information content (AvgIpc) is 2.15. The fourth-order valence-electron chi connectivity index (χ4n) is 1.51. The number of hydrogen-bond donors (Lipinski definition) is 0. The van der Waals surface area contributed by atoms with E-state index in [1.165, 1.54) is 0 Å². The summed E-state index contributed by atoms with van der Waals surface area (Å²) in [4.78, 5) is 11.2. The molecule has 88 valence electrons. The molecule has 0 bridgehead atoms. The summed E-state index contributed by atoms with van der Waals surface area (Å²) >= 11 is 0. The van der Waals surface area contributed by atoms with Gasteiger partial charge in [-0.25, -0.2) is 0 Å². The Morgan fingerprint density at radius 2 is 2.06 bits per heavy atom. The molecule has 0 fully saturated rings. The first kappa shape index (κ1) is 12.8. The molecule has 2 nitrogen and oxygen atoms in total. The van der Waals surface area contributed by atoms with Gasteiger partial charge in [-0.15, -0.1) is 0 Å². The Kier molecular flexibility index (Phi) is 4.53. The van der Waals surface area contributed by atoms with Gasteiger partial charge in [0.2, 0.25) is 0 Å². The van der Waals surface area contributed by atoms with Gasteiger partial charge in [0, 0.05) is 12.0 Å². The lowest BCUT2D eigenvalue weighted by atomic mass is 10.1. The molecule has 0 aromatic heterocycles. The summed E-state index contributed by atoms with van der Waals surface area (Å²) in [5, 5.41) is 0. The van der Waals surface area contributed by atoms with Crippen LogP contribution < -0.4 is 4.74 Å². The molecule has 0 aliphatic heterocycles. The van der Waals surface area contributed by atoms with Crippen LogP contribution in [0, 0.1) is 12.8 Å². The topological polar surface area (TPSA) is 26.3 Å². The maximum Gasteiger partial charge on any atom is 0.134 e. The molecule has 1 aromatic carbocycles. The SMILES string of the molecule is CC(=O)Cc1cc(C)ccc1OCC(C)C. The Labute approximate surface area is 97.6 Å². The molecule has 0 aliphatic rings. The van der Waals surface area contributed by atoms with Gasteiger partial charge in [0.05, 0.1) is 6.61 Å². The third-order valence-electron chi connectivity index (χ3n) is 2.23. The first-order chi connectivity index (χ1) is 7.49. The molecular formula is C14H20O2. The lowest BCUT2D eigenvalue weighted by Gasteiger charge is -2.13.